The molecular formula is C21H21ClN2O4S. The second-order valence-corrected chi connectivity index (χ2v) is 7.87. The highest BCUT2D eigenvalue weighted by Gasteiger charge is 2.14. The summed E-state index contributed by atoms with van der Waals surface area (Å²) in [5.74, 6) is -0.295. The Morgan fingerprint density at radius 2 is 1.90 bits per heavy atom. The first kappa shape index (κ1) is 21.1. The van der Waals surface area contributed by atoms with Crippen LogP contribution >= 0.6 is 22.9 Å². The summed E-state index contributed by atoms with van der Waals surface area (Å²) in [6.45, 7) is 5.80. The smallest absolute Gasteiger partial charge is 0.326 e. The van der Waals surface area contributed by atoms with E-state index in [0.29, 0.717) is 22.2 Å². The summed E-state index contributed by atoms with van der Waals surface area (Å²) in [6.07, 6.45) is 0. The van der Waals surface area contributed by atoms with Crippen molar-refractivity contribution in [2.24, 2.45) is 4.99 Å². The van der Waals surface area contributed by atoms with Gasteiger partial charge in [-0.25, -0.2) is 0 Å². The highest BCUT2D eigenvalue weighted by molar-refractivity contribution is 7.16. The molecule has 0 N–H and O–H groups in total. The molecule has 0 radical (unpaired) electrons. The van der Waals surface area contributed by atoms with Crippen LogP contribution in [0.25, 0.3) is 10.2 Å². The predicted octanol–water partition coefficient (Wildman–Crippen LogP) is 4.04. The van der Waals surface area contributed by atoms with Gasteiger partial charge in [-0.1, -0.05) is 29.0 Å². The molecule has 0 bridgehead atoms. The molecule has 3 aromatic rings. The molecule has 1 heterocycles. The minimum absolute atomic E-state index is 0.0130. The summed E-state index contributed by atoms with van der Waals surface area (Å²) in [5, 5.41) is 0.587. The third-order valence-corrected chi connectivity index (χ3v) is 5.58. The van der Waals surface area contributed by atoms with Crippen LogP contribution < -0.4 is 9.54 Å². The molecule has 1 aromatic heterocycles. The first-order valence-electron chi connectivity index (χ1n) is 9.09. The van der Waals surface area contributed by atoms with Crippen molar-refractivity contribution in [3.63, 3.8) is 0 Å². The van der Waals surface area contributed by atoms with Crippen molar-refractivity contribution in [3.8, 4) is 5.75 Å². The molecule has 29 heavy (non-hydrogen) atoms. The molecule has 0 unspecified atom stereocenters. The van der Waals surface area contributed by atoms with Crippen molar-refractivity contribution in [1.29, 1.82) is 0 Å². The first-order chi connectivity index (χ1) is 13.9. The molecule has 6 nitrogen and oxygen atoms in total. The summed E-state index contributed by atoms with van der Waals surface area (Å²) < 4.78 is 13.3. The number of amides is 1. The fraction of sp³-hybridized carbons (Fsp3) is 0.286. The zero-order valence-corrected chi connectivity index (χ0v) is 18.0. The number of aromatic nitrogens is 1. The van der Waals surface area contributed by atoms with Gasteiger partial charge in [-0.15, -0.1) is 0 Å². The van der Waals surface area contributed by atoms with Crippen LogP contribution in [0.3, 0.4) is 0 Å². The van der Waals surface area contributed by atoms with Crippen LogP contribution in [0.4, 0.5) is 0 Å². The third-order valence-electron chi connectivity index (χ3n) is 4.10. The molecule has 8 heteroatoms. The number of hydrogen-bond donors (Lipinski definition) is 0. The molecule has 0 saturated heterocycles. The number of esters is 1. The maximum Gasteiger partial charge on any atom is 0.326 e. The average molecular weight is 433 g/mol. The molecule has 0 saturated carbocycles. The summed E-state index contributed by atoms with van der Waals surface area (Å²) in [4.78, 5) is 29.1. The van der Waals surface area contributed by atoms with E-state index in [0.717, 1.165) is 21.3 Å². The number of carbonyl (C=O) groups excluding carboxylic acids is 2. The largest absolute Gasteiger partial charge is 0.484 e. The van der Waals surface area contributed by atoms with Gasteiger partial charge in [-0.2, -0.15) is 4.99 Å². The van der Waals surface area contributed by atoms with E-state index in [2.05, 4.69) is 11.1 Å². The van der Waals surface area contributed by atoms with Crippen molar-refractivity contribution >= 4 is 45.0 Å². The SMILES string of the molecule is CCOC(=O)Cn1c(=NC(=O)COc2ccc(Cl)cc2)sc2c(C)cc(C)cc21. The second kappa shape index (κ2) is 9.24. The molecule has 0 aliphatic heterocycles. The Hall–Kier alpha value is -2.64. The lowest BCUT2D eigenvalue weighted by Gasteiger charge is -2.06. The minimum atomic E-state index is -0.446. The quantitative estimate of drug-likeness (QED) is 0.551. The standard InChI is InChI=1S/C21H21ClN2O4S/c1-4-27-19(26)11-24-17-10-13(2)9-14(3)20(17)29-21(24)23-18(25)12-28-16-7-5-15(22)6-8-16/h5-10H,4,11-12H2,1-3H3. The van der Waals surface area contributed by atoms with Crippen LogP contribution in [0.2, 0.25) is 5.02 Å². The van der Waals surface area contributed by atoms with E-state index in [1.807, 2.05) is 19.9 Å². The maximum atomic E-state index is 12.4. The molecule has 0 spiro atoms. The van der Waals surface area contributed by atoms with Crippen molar-refractivity contribution in [2.75, 3.05) is 13.2 Å². The number of hydrogen-bond acceptors (Lipinski definition) is 5. The van der Waals surface area contributed by atoms with E-state index in [1.165, 1.54) is 11.3 Å². The van der Waals surface area contributed by atoms with Crippen LogP contribution in [0.1, 0.15) is 18.1 Å². The van der Waals surface area contributed by atoms with Crippen molar-refractivity contribution < 1.29 is 19.1 Å². The molecule has 0 aliphatic carbocycles. The van der Waals surface area contributed by atoms with E-state index < -0.39 is 5.91 Å². The lowest BCUT2D eigenvalue weighted by molar-refractivity contribution is -0.143. The Balaban J connectivity index is 1.93. The number of rotatable bonds is 6. The van der Waals surface area contributed by atoms with Crippen LogP contribution in [0.15, 0.2) is 41.4 Å². The van der Waals surface area contributed by atoms with Crippen molar-refractivity contribution in [1.82, 2.24) is 4.57 Å². The number of fused-ring (bicyclic) bond motifs is 1. The van der Waals surface area contributed by atoms with Gasteiger partial charge in [0.15, 0.2) is 11.4 Å². The topological polar surface area (TPSA) is 69.9 Å². The number of halogens is 1. The van der Waals surface area contributed by atoms with E-state index in [1.54, 1.807) is 35.8 Å². The van der Waals surface area contributed by atoms with Gasteiger partial charge in [0.25, 0.3) is 5.91 Å². The molecule has 0 fully saturated rings. The molecule has 152 valence electrons. The second-order valence-electron chi connectivity index (χ2n) is 6.45. The van der Waals surface area contributed by atoms with Crippen LogP contribution in [-0.4, -0.2) is 29.7 Å². The van der Waals surface area contributed by atoms with E-state index in [4.69, 9.17) is 21.1 Å². The Kier molecular flexibility index (Phi) is 6.71. The minimum Gasteiger partial charge on any atom is -0.484 e. The molecule has 0 atom stereocenters. The highest BCUT2D eigenvalue weighted by Crippen LogP contribution is 2.23. The number of benzene rings is 2. The Morgan fingerprint density at radius 3 is 2.59 bits per heavy atom. The van der Waals surface area contributed by atoms with Gasteiger partial charge in [-0.3, -0.25) is 9.59 Å². The van der Waals surface area contributed by atoms with Gasteiger partial charge >= 0.3 is 5.97 Å². The number of aryl methyl sites for hydroxylation is 2. The lowest BCUT2D eigenvalue weighted by Crippen LogP contribution is -2.24. The molecule has 3 rings (SSSR count). The van der Waals surface area contributed by atoms with Crippen LogP contribution in [-0.2, 0) is 20.9 Å². The van der Waals surface area contributed by atoms with Gasteiger partial charge < -0.3 is 14.0 Å². The Bertz CT molecular complexity index is 1120. The van der Waals surface area contributed by atoms with E-state index in [-0.39, 0.29) is 19.1 Å². The summed E-state index contributed by atoms with van der Waals surface area (Å²) in [7, 11) is 0. The monoisotopic (exact) mass is 432 g/mol. The fourth-order valence-corrected chi connectivity index (χ4v) is 4.12. The van der Waals surface area contributed by atoms with Crippen LogP contribution in [0, 0.1) is 13.8 Å². The number of nitrogens with zero attached hydrogens (tertiary/aromatic N) is 2. The fourth-order valence-electron chi connectivity index (χ4n) is 2.90. The number of ether oxygens (including phenoxy) is 2. The van der Waals surface area contributed by atoms with E-state index in [9.17, 15) is 9.59 Å². The van der Waals surface area contributed by atoms with Gasteiger partial charge in [0.1, 0.15) is 12.3 Å². The van der Waals surface area contributed by atoms with Gasteiger partial charge in [-0.05, 0) is 62.2 Å². The van der Waals surface area contributed by atoms with E-state index >= 15 is 0 Å². The Morgan fingerprint density at radius 1 is 1.17 bits per heavy atom. The average Bonchev–Trinajstić information content (AvgIpc) is 2.99. The third kappa shape index (κ3) is 5.25. The molecule has 0 aliphatic rings. The zero-order chi connectivity index (χ0) is 21.0. The predicted molar refractivity (Wildman–Crippen MR) is 113 cm³/mol. The molecule has 2 aromatic carbocycles. The maximum absolute atomic E-state index is 12.4. The number of carbonyl (C=O) groups is 2. The molecule has 1 amide bonds. The number of thiazole rings is 1. The van der Waals surface area contributed by atoms with Gasteiger partial charge in [0, 0.05) is 5.02 Å². The van der Waals surface area contributed by atoms with Gasteiger partial charge in [0.05, 0.1) is 16.8 Å². The highest BCUT2D eigenvalue weighted by atomic mass is 35.5. The normalized spacial score (nSPS) is 11.7. The zero-order valence-electron chi connectivity index (χ0n) is 16.4. The summed E-state index contributed by atoms with van der Waals surface area (Å²) >= 11 is 7.21. The van der Waals surface area contributed by atoms with Gasteiger partial charge in [0.2, 0.25) is 0 Å². The Labute approximate surface area is 177 Å². The van der Waals surface area contributed by atoms with Crippen molar-refractivity contribution in [3.05, 3.63) is 57.3 Å². The molecular weight excluding hydrogens is 412 g/mol. The summed E-state index contributed by atoms with van der Waals surface area (Å²) in [6, 6.07) is 10.8. The first-order valence-corrected chi connectivity index (χ1v) is 10.3. The van der Waals surface area contributed by atoms with Crippen LogP contribution in [0.5, 0.6) is 5.75 Å². The lowest BCUT2D eigenvalue weighted by atomic mass is 10.1. The summed E-state index contributed by atoms with van der Waals surface area (Å²) in [5.41, 5.74) is 2.98. The van der Waals surface area contributed by atoms with Crippen molar-refractivity contribution in [2.45, 2.75) is 27.3 Å².